The molecule has 1 rings (SSSR count). The summed E-state index contributed by atoms with van der Waals surface area (Å²) >= 11 is 0. The molecule has 0 aliphatic heterocycles. The molecule has 0 unspecified atom stereocenters. The van der Waals surface area contributed by atoms with Crippen LogP contribution in [-0.4, -0.2) is 12.5 Å². The number of rotatable bonds is 3. The lowest BCUT2D eigenvalue weighted by Crippen LogP contribution is -2.31. The molecule has 3 heteroatoms. The van der Waals surface area contributed by atoms with E-state index in [4.69, 9.17) is 11.1 Å². The quantitative estimate of drug-likeness (QED) is 0.448. The second-order valence-corrected chi connectivity index (χ2v) is 2.50. The highest BCUT2D eigenvalue weighted by molar-refractivity contribution is 5.74. The van der Waals surface area contributed by atoms with Crippen LogP contribution in [0.3, 0.4) is 0 Å². The van der Waals surface area contributed by atoms with Crippen LogP contribution in [0.25, 0.3) is 0 Å². The van der Waals surface area contributed by atoms with Gasteiger partial charge in [0.2, 0.25) is 0 Å². The topological polar surface area (TPSA) is 61.9 Å². The van der Waals surface area contributed by atoms with Crippen molar-refractivity contribution in [2.24, 2.45) is 5.73 Å². The predicted molar refractivity (Wildman–Crippen MR) is 48.9 cm³/mol. The molecule has 1 aromatic rings. The highest BCUT2D eigenvalue weighted by atomic mass is 15.0. The molecule has 12 heavy (non-hydrogen) atoms. The van der Waals surface area contributed by atoms with E-state index >= 15 is 0 Å². The van der Waals surface area contributed by atoms with Gasteiger partial charge in [0.1, 0.15) is 0 Å². The second kappa shape index (κ2) is 4.38. The van der Waals surface area contributed by atoms with Crippen LogP contribution < -0.4 is 11.1 Å². The monoisotopic (exact) mass is 162 g/mol. The maximum Gasteiger partial charge on any atom is 0.185 e. The largest absolute Gasteiger partial charge is 0.370 e. The maximum absolute atomic E-state index is 6.92. The molecule has 0 aliphatic carbocycles. The fourth-order valence-corrected chi connectivity index (χ4v) is 0.930. The fraction of sp³-hybridized carbons (Fsp3) is 0.222. The van der Waals surface area contributed by atoms with Gasteiger partial charge in [0, 0.05) is 6.54 Å². The predicted octanol–water partition coefficient (Wildman–Crippen LogP) is 0.512. The summed E-state index contributed by atoms with van der Waals surface area (Å²) in [6, 6.07) is 10.7. The average molecular weight is 162 g/mol. The third kappa shape index (κ3) is 3.05. The molecule has 0 amide bonds. The zero-order valence-electron chi connectivity index (χ0n) is 6.80. The standard InChI is InChI=1S/C9H12N3/c10-9(11)12-7-6-8-4-2-1-3-5-8/h2-5H,6-7H2,(H4,10,11,12). The molecule has 0 heterocycles. The van der Waals surface area contributed by atoms with Crippen LogP contribution in [-0.2, 0) is 6.42 Å². The molecule has 3 nitrogen and oxygen atoms in total. The van der Waals surface area contributed by atoms with Crippen LogP contribution in [0.2, 0.25) is 0 Å². The zero-order chi connectivity index (χ0) is 8.81. The van der Waals surface area contributed by atoms with E-state index in [1.165, 1.54) is 5.56 Å². The molecule has 0 bridgehead atoms. The van der Waals surface area contributed by atoms with E-state index in [-0.39, 0.29) is 5.96 Å². The van der Waals surface area contributed by atoms with Crippen molar-refractivity contribution in [3.8, 4) is 0 Å². The van der Waals surface area contributed by atoms with Gasteiger partial charge in [-0.3, -0.25) is 5.41 Å². The van der Waals surface area contributed by atoms with E-state index in [9.17, 15) is 0 Å². The first kappa shape index (κ1) is 8.59. The Kier molecular flexibility index (Phi) is 3.14. The molecule has 0 saturated carbocycles. The molecule has 63 valence electrons. The van der Waals surface area contributed by atoms with Gasteiger partial charge >= 0.3 is 0 Å². The SMILES string of the molecule is N=C(N)NCCc1cc[c]cc1. The smallest absolute Gasteiger partial charge is 0.185 e. The molecule has 4 N–H and O–H groups in total. The summed E-state index contributed by atoms with van der Waals surface area (Å²) in [4.78, 5) is 0. The van der Waals surface area contributed by atoms with E-state index in [0.717, 1.165) is 6.42 Å². The van der Waals surface area contributed by atoms with Crippen molar-refractivity contribution in [1.29, 1.82) is 5.41 Å². The summed E-state index contributed by atoms with van der Waals surface area (Å²) in [5.41, 5.74) is 6.35. The molecule has 0 spiro atoms. The third-order valence-electron chi connectivity index (χ3n) is 1.52. The van der Waals surface area contributed by atoms with Crippen molar-refractivity contribution in [3.63, 3.8) is 0 Å². The van der Waals surface area contributed by atoms with E-state index in [2.05, 4.69) is 11.4 Å². The lowest BCUT2D eigenvalue weighted by atomic mass is 10.1. The van der Waals surface area contributed by atoms with Crippen LogP contribution in [0, 0.1) is 11.5 Å². The van der Waals surface area contributed by atoms with Crippen LogP contribution in [0.4, 0.5) is 0 Å². The van der Waals surface area contributed by atoms with Gasteiger partial charge < -0.3 is 11.1 Å². The van der Waals surface area contributed by atoms with Gasteiger partial charge in [-0.25, -0.2) is 0 Å². The Morgan fingerprint density at radius 1 is 1.50 bits per heavy atom. The Hall–Kier alpha value is -1.51. The molecule has 1 aromatic carbocycles. The van der Waals surface area contributed by atoms with Crippen molar-refractivity contribution in [2.45, 2.75) is 6.42 Å². The number of benzene rings is 1. The van der Waals surface area contributed by atoms with E-state index in [1.54, 1.807) is 0 Å². The molecule has 0 saturated heterocycles. The molecular weight excluding hydrogens is 150 g/mol. The van der Waals surface area contributed by atoms with E-state index in [0.29, 0.717) is 6.54 Å². The Labute approximate surface area is 72.1 Å². The number of nitrogens with two attached hydrogens (primary N) is 1. The van der Waals surface area contributed by atoms with Crippen molar-refractivity contribution >= 4 is 5.96 Å². The van der Waals surface area contributed by atoms with Gasteiger partial charge in [0.05, 0.1) is 0 Å². The van der Waals surface area contributed by atoms with Crippen LogP contribution in [0.1, 0.15) is 5.56 Å². The summed E-state index contributed by atoms with van der Waals surface area (Å²) < 4.78 is 0. The summed E-state index contributed by atoms with van der Waals surface area (Å²) in [5, 5.41) is 9.67. The average Bonchev–Trinajstić information content (AvgIpc) is 2.05. The molecule has 1 radical (unpaired) electrons. The fourth-order valence-electron chi connectivity index (χ4n) is 0.930. The highest BCUT2D eigenvalue weighted by Gasteiger charge is 1.90. The van der Waals surface area contributed by atoms with Crippen molar-refractivity contribution < 1.29 is 0 Å². The van der Waals surface area contributed by atoms with E-state index < -0.39 is 0 Å². The van der Waals surface area contributed by atoms with Gasteiger partial charge in [-0.15, -0.1) is 0 Å². The lowest BCUT2D eigenvalue weighted by Gasteiger charge is -2.02. The van der Waals surface area contributed by atoms with Crippen molar-refractivity contribution in [3.05, 3.63) is 35.9 Å². The first-order valence-electron chi connectivity index (χ1n) is 3.82. The Morgan fingerprint density at radius 3 is 2.75 bits per heavy atom. The second-order valence-electron chi connectivity index (χ2n) is 2.50. The first-order valence-corrected chi connectivity index (χ1v) is 3.82. The summed E-state index contributed by atoms with van der Waals surface area (Å²) in [6.07, 6.45) is 0.883. The minimum atomic E-state index is 0.0255. The number of hydrogen-bond acceptors (Lipinski definition) is 1. The third-order valence-corrected chi connectivity index (χ3v) is 1.52. The number of guanidine groups is 1. The molecule has 0 fully saturated rings. The van der Waals surface area contributed by atoms with Crippen LogP contribution >= 0.6 is 0 Å². The summed E-state index contributed by atoms with van der Waals surface area (Å²) in [7, 11) is 0. The summed E-state index contributed by atoms with van der Waals surface area (Å²) in [6.45, 7) is 0.708. The molecular formula is C9H12N3. The van der Waals surface area contributed by atoms with Crippen LogP contribution in [0.15, 0.2) is 24.3 Å². The molecule has 0 aliphatic rings. The number of hydrogen-bond donors (Lipinski definition) is 3. The molecule has 0 atom stereocenters. The van der Waals surface area contributed by atoms with Gasteiger partial charge in [-0.05, 0) is 18.1 Å². The first-order chi connectivity index (χ1) is 5.79. The van der Waals surface area contributed by atoms with Crippen molar-refractivity contribution in [2.75, 3.05) is 6.54 Å². The Balaban J connectivity index is 2.29. The number of nitrogens with one attached hydrogen (secondary N) is 2. The van der Waals surface area contributed by atoms with E-state index in [1.807, 2.05) is 24.3 Å². The normalized spacial score (nSPS) is 9.33. The molecule has 0 aromatic heterocycles. The minimum absolute atomic E-state index is 0.0255. The van der Waals surface area contributed by atoms with Crippen LogP contribution in [0.5, 0.6) is 0 Å². The van der Waals surface area contributed by atoms with Gasteiger partial charge in [-0.2, -0.15) is 0 Å². The van der Waals surface area contributed by atoms with Gasteiger partial charge in [0.25, 0.3) is 0 Å². The lowest BCUT2D eigenvalue weighted by molar-refractivity contribution is 0.854. The maximum atomic E-state index is 6.92. The minimum Gasteiger partial charge on any atom is -0.370 e. The summed E-state index contributed by atoms with van der Waals surface area (Å²) in [5.74, 6) is 0.0255. The Bertz CT molecular complexity index is 243. The van der Waals surface area contributed by atoms with Gasteiger partial charge in [-0.1, -0.05) is 24.3 Å². The highest BCUT2D eigenvalue weighted by Crippen LogP contribution is 1.97. The van der Waals surface area contributed by atoms with Crippen molar-refractivity contribution in [1.82, 2.24) is 5.32 Å². The van der Waals surface area contributed by atoms with Gasteiger partial charge in [0.15, 0.2) is 5.96 Å². The Morgan fingerprint density at radius 2 is 2.17 bits per heavy atom. The zero-order valence-corrected chi connectivity index (χ0v) is 6.80.